The smallest absolute Gasteiger partial charge is 0.303 e. The number of pyridine rings is 1. The van der Waals surface area contributed by atoms with Gasteiger partial charge in [-0.25, -0.2) is 0 Å². The van der Waals surface area contributed by atoms with E-state index in [1.54, 1.807) is 16.4 Å². The van der Waals surface area contributed by atoms with E-state index in [2.05, 4.69) is 11.0 Å². The maximum Gasteiger partial charge on any atom is 0.303 e. The molecule has 0 bridgehead atoms. The van der Waals surface area contributed by atoms with Gasteiger partial charge in [0.15, 0.2) is 0 Å². The van der Waals surface area contributed by atoms with E-state index < -0.39 is 5.97 Å². The van der Waals surface area contributed by atoms with Crippen molar-refractivity contribution in [2.24, 2.45) is 0 Å². The third-order valence-electron chi connectivity index (χ3n) is 7.28. The molecule has 0 atom stereocenters. The number of carboxylic acid groups (broad SMARTS) is 1. The Morgan fingerprint density at radius 1 is 1.07 bits per heavy atom. The Kier molecular flexibility index (Phi) is 12.7. The fourth-order valence-electron chi connectivity index (χ4n) is 5.12. The highest BCUT2D eigenvalue weighted by molar-refractivity contribution is 8.26. The lowest BCUT2D eigenvalue weighted by atomic mass is 10.0. The summed E-state index contributed by atoms with van der Waals surface area (Å²) in [6.45, 7) is 7.15. The van der Waals surface area contributed by atoms with Gasteiger partial charge in [0.25, 0.3) is 11.5 Å². The molecule has 2 saturated heterocycles. The van der Waals surface area contributed by atoms with Crippen molar-refractivity contribution in [1.82, 2.24) is 9.47 Å². The summed E-state index contributed by atoms with van der Waals surface area (Å²) in [6.07, 6.45) is 10.7. The number of carbonyl (C=O) groups is 2. The molecular weight excluding hydrogens is 548 g/mol. The Hall–Kier alpha value is -2.68. The number of nitriles is 1. The highest BCUT2D eigenvalue weighted by atomic mass is 32.2. The molecule has 0 radical (unpaired) electrons. The minimum Gasteiger partial charge on any atom is -0.481 e. The third-order valence-corrected chi connectivity index (χ3v) is 8.65. The first kappa shape index (κ1) is 31.8. The zero-order valence-electron chi connectivity index (χ0n) is 23.6. The lowest BCUT2D eigenvalue weighted by Gasteiger charge is -2.33. The molecule has 40 heavy (non-hydrogen) atoms. The molecular formula is C29H40N4O5S2. The van der Waals surface area contributed by atoms with Crippen LogP contribution in [0.15, 0.2) is 9.70 Å². The van der Waals surface area contributed by atoms with Gasteiger partial charge < -0.3 is 14.7 Å². The second-order valence-corrected chi connectivity index (χ2v) is 11.9. The van der Waals surface area contributed by atoms with E-state index >= 15 is 0 Å². The lowest BCUT2D eigenvalue weighted by molar-refractivity contribution is -0.137. The van der Waals surface area contributed by atoms with Crippen LogP contribution in [0, 0.1) is 18.3 Å². The van der Waals surface area contributed by atoms with Crippen molar-refractivity contribution in [3.8, 4) is 6.07 Å². The van der Waals surface area contributed by atoms with Gasteiger partial charge in [-0.05, 0) is 37.8 Å². The fraction of sp³-hybridized carbons (Fsp3) is 0.621. The first-order valence-electron chi connectivity index (χ1n) is 14.3. The maximum atomic E-state index is 13.4. The Morgan fingerprint density at radius 2 is 1.70 bits per heavy atom. The highest BCUT2D eigenvalue weighted by Gasteiger charge is 2.33. The number of rotatable bonds is 15. The van der Waals surface area contributed by atoms with E-state index in [9.17, 15) is 19.6 Å². The maximum absolute atomic E-state index is 13.4. The number of unbranched alkanes of at least 4 members (excludes halogenated alkanes) is 7. The van der Waals surface area contributed by atoms with Gasteiger partial charge in [0.2, 0.25) is 0 Å². The average Bonchev–Trinajstić information content (AvgIpc) is 3.20. The molecule has 1 N–H and O–H groups in total. The summed E-state index contributed by atoms with van der Waals surface area (Å²) in [7, 11) is 0. The van der Waals surface area contributed by atoms with Crippen LogP contribution in [-0.2, 0) is 20.9 Å². The molecule has 218 valence electrons. The predicted molar refractivity (Wildman–Crippen MR) is 163 cm³/mol. The Balaban J connectivity index is 1.70. The molecule has 1 aromatic heterocycles. The molecule has 1 amide bonds. The molecule has 3 heterocycles. The molecule has 0 saturated carbocycles. The zero-order chi connectivity index (χ0) is 29.1. The minimum absolute atomic E-state index is 0.106. The predicted octanol–water partition coefficient (Wildman–Crippen LogP) is 5.07. The van der Waals surface area contributed by atoms with E-state index in [0.29, 0.717) is 54.2 Å². The molecule has 9 nitrogen and oxygen atoms in total. The van der Waals surface area contributed by atoms with Crippen LogP contribution in [0.4, 0.5) is 5.82 Å². The van der Waals surface area contributed by atoms with Crippen LogP contribution in [0.2, 0.25) is 0 Å². The molecule has 0 aromatic carbocycles. The van der Waals surface area contributed by atoms with Crippen molar-refractivity contribution in [3.05, 3.63) is 31.9 Å². The summed E-state index contributed by atoms with van der Waals surface area (Å²) in [6, 6.07) is 2.09. The molecule has 2 aliphatic rings. The molecule has 11 heteroatoms. The van der Waals surface area contributed by atoms with Crippen molar-refractivity contribution < 1.29 is 19.4 Å². The van der Waals surface area contributed by atoms with Crippen LogP contribution >= 0.6 is 24.0 Å². The third kappa shape index (κ3) is 8.18. The van der Waals surface area contributed by atoms with Gasteiger partial charge in [0.1, 0.15) is 21.8 Å². The summed E-state index contributed by atoms with van der Waals surface area (Å²) < 4.78 is 7.74. The van der Waals surface area contributed by atoms with Crippen LogP contribution in [0.3, 0.4) is 0 Å². The number of anilines is 1. The van der Waals surface area contributed by atoms with Gasteiger partial charge >= 0.3 is 5.97 Å². The molecule has 0 aliphatic carbocycles. The average molecular weight is 589 g/mol. The largest absolute Gasteiger partial charge is 0.481 e. The normalized spacial score (nSPS) is 16.7. The first-order chi connectivity index (χ1) is 19.3. The lowest BCUT2D eigenvalue weighted by Crippen LogP contribution is -2.41. The van der Waals surface area contributed by atoms with E-state index in [0.717, 1.165) is 69.2 Å². The first-order valence-corrected chi connectivity index (χ1v) is 15.5. The highest BCUT2D eigenvalue weighted by Crippen LogP contribution is 2.36. The number of thioether (sulfide) groups is 1. The summed E-state index contributed by atoms with van der Waals surface area (Å²) in [5, 5.41) is 18.5. The van der Waals surface area contributed by atoms with Crippen molar-refractivity contribution in [3.63, 3.8) is 0 Å². The number of hydrogen-bond donors (Lipinski definition) is 1. The summed E-state index contributed by atoms with van der Waals surface area (Å²) >= 11 is 6.84. The summed E-state index contributed by atoms with van der Waals surface area (Å²) in [4.78, 5) is 41.5. The molecule has 1 aromatic rings. The van der Waals surface area contributed by atoms with Gasteiger partial charge in [-0.15, -0.1) is 0 Å². The number of morpholine rings is 1. The van der Waals surface area contributed by atoms with Gasteiger partial charge in [0, 0.05) is 38.2 Å². The van der Waals surface area contributed by atoms with Crippen LogP contribution in [0.1, 0.15) is 87.8 Å². The van der Waals surface area contributed by atoms with Gasteiger partial charge in [0.05, 0.1) is 18.1 Å². The molecule has 2 aliphatic heterocycles. The number of ether oxygens (including phenoxy) is 1. The Bertz CT molecular complexity index is 1210. The number of thiocarbonyl (C=S) groups is 1. The van der Waals surface area contributed by atoms with Gasteiger partial charge in [-0.2, -0.15) is 5.26 Å². The number of hydrogen-bond acceptors (Lipinski definition) is 8. The Morgan fingerprint density at radius 3 is 2.30 bits per heavy atom. The number of amides is 1. The molecule has 0 spiro atoms. The molecule has 3 rings (SSSR count). The second-order valence-electron chi connectivity index (χ2n) is 10.2. The van der Waals surface area contributed by atoms with E-state index in [1.807, 2.05) is 13.0 Å². The number of carbonyl (C=O) groups excluding carboxylic acids is 1. The minimum atomic E-state index is -0.731. The number of nitrogens with zero attached hydrogens (tertiary/aromatic N) is 4. The summed E-state index contributed by atoms with van der Waals surface area (Å²) in [5.74, 6) is -0.127. The van der Waals surface area contributed by atoms with Crippen LogP contribution in [-0.4, -0.2) is 63.6 Å². The van der Waals surface area contributed by atoms with Crippen LogP contribution in [0.25, 0.3) is 6.08 Å². The summed E-state index contributed by atoms with van der Waals surface area (Å²) in [5.41, 5.74) is 1.10. The topological polar surface area (TPSA) is 116 Å². The fourth-order valence-corrected chi connectivity index (χ4v) is 6.41. The quantitative estimate of drug-likeness (QED) is 0.170. The van der Waals surface area contributed by atoms with E-state index in [1.165, 1.54) is 11.8 Å². The van der Waals surface area contributed by atoms with Crippen molar-refractivity contribution in [2.75, 3.05) is 37.7 Å². The van der Waals surface area contributed by atoms with Crippen molar-refractivity contribution >= 4 is 52.1 Å². The number of aliphatic carboxylic acids is 1. The Labute approximate surface area is 246 Å². The SMILES string of the molecule is CCCn1c(N2CCOCC2)c(C=C2SC(=S)N(CCCCCCCCCCC(=O)O)C2=O)c(C)c(C#N)c1=O. The van der Waals surface area contributed by atoms with Crippen molar-refractivity contribution in [2.45, 2.75) is 84.6 Å². The van der Waals surface area contributed by atoms with E-state index in [-0.39, 0.29) is 23.5 Å². The molecule has 2 fully saturated rings. The van der Waals surface area contributed by atoms with Crippen LogP contribution < -0.4 is 10.5 Å². The van der Waals surface area contributed by atoms with E-state index in [4.69, 9.17) is 22.1 Å². The zero-order valence-corrected chi connectivity index (χ0v) is 25.2. The van der Waals surface area contributed by atoms with Crippen LogP contribution in [0.5, 0.6) is 0 Å². The van der Waals surface area contributed by atoms with Gasteiger partial charge in [-0.3, -0.25) is 23.9 Å². The number of carboxylic acids is 1. The monoisotopic (exact) mass is 588 g/mol. The number of aromatic nitrogens is 1. The van der Waals surface area contributed by atoms with Crippen molar-refractivity contribution in [1.29, 1.82) is 5.26 Å². The second kappa shape index (κ2) is 15.9. The molecule has 0 unspecified atom stereocenters. The van der Waals surface area contributed by atoms with Gasteiger partial charge in [-0.1, -0.05) is 69.4 Å². The standard InChI is InChI=1S/C29H40N4O5S2/c1-3-13-32-26(31-15-17-38-18-16-31)22(21(2)23(20-30)27(32)36)19-24-28(37)33(29(39)40-24)14-11-9-7-5-4-6-8-10-12-25(34)35/h19H,3-18H2,1-2H3,(H,34,35).